The van der Waals surface area contributed by atoms with E-state index in [-0.39, 0.29) is 19.7 Å². The molecule has 19 heavy (non-hydrogen) atoms. The van der Waals surface area contributed by atoms with Crippen molar-refractivity contribution in [1.82, 2.24) is 10.3 Å². The fraction of sp³-hybridized carbons (Fsp3) is 0.538. The van der Waals surface area contributed by atoms with E-state index in [0.29, 0.717) is 5.25 Å². The number of hydrogen-bond acceptors (Lipinski definition) is 4. The molecule has 0 aliphatic carbocycles. The number of amides is 1. The van der Waals surface area contributed by atoms with E-state index in [0.717, 1.165) is 42.6 Å². The fourth-order valence-electron chi connectivity index (χ4n) is 1.68. The second-order valence-corrected chi connectivity index (χ2v) is 8.50. The second-order valence-electron chi connectivity index (χ2n) is 4.29. The van der Waals surface area contributed by atoms with Gasteiger partial charge < -0.3 is 0 Å². The SMILES string of the molecule is CCCNC(=O)c1ccncc1[Se]SC1CCOC1. The zero-order valence-electron chi connectivity index (χ0n) is 10.9. The molecule has 1 aromatic heterocycles. The molecular formula is C13H18N2O2SSe. The van der Waals surface area contributed by atoms with Gasteiger partial charge in [-0.1, -0.05) is 0 Å². The first-order chi connectivity index (χ1) is 9.31. The Bertz CT molecular complexity index is 425. The molecule has 1 saturated heterocycles. The van der Waals surface area contributed by atoms with Crippen LogP contribution in [0.15, 0.2) is 18.5 Å². The Morgan fingerprint density at radius 1 is 1.68 bits per heavy atom. The molecule has 1 N–H and O–H groups in total. The Balaban J connectivity index is 1.96. The first-order valence-corrected chi connectivity index (χ1v) is 10.2. The van der Waals surface area contributed by atoms with Gasteiger partial charge in [0.15, 0.2) is 0 Å². The van der Waals surface area contributed by atoms with Crippen LogP contribution in [0.4, 0.5) is 0 Å². The number of hydrogen-bond donors (Lipinski definition) is 1. The zero-order valence-corrected chi connectivity index (χ0v) is 13.5. The van der Waals surface area contributed by atoms with Gasteiger partial charge in [0.1, 0.15) is 0 Å². The van der Waals surface area contributed by atoms with Gasteiger partial charge in [-0.15, -0.1) is 0 Å². The van der Waals surface area contributed by atoms with Crippen LogP contribution in [0.2, 0.25) is 0 Å². The van der Waals surface area contributed by atoms with E-state index in [1.165, 1.54) is 0 Å². The van der Waals surface area contributed by atoms with Gasteiger partial charge in [-0.25, -0.2) is 0 Å². The molecule has 2 heterocycles. The summed E-state index contributed by atoms with van der Waals surface area (Å²) in [5.41, 5.74) is 0.773. The van der Waals surface area contributed by atoms with E-state index < -0.39 is 0 Å². The van der Waals surface area contributed by atoms with Gasteiger partial charge in [-0.3, -0.25) is 0 Å². The molecule has 6 heteroatoms. The van der Waals surface area contributed by atoms with Crippen molar-refractivity contribution in [2.24, 2.45) is 0 Å². The zero-order chi connectivity index (χ0) is 13.5. The van der Waals surface area contributed by atoms with E-state index in [2.05, 4.69) is 10.3 Å². The molecule has 0 bridgehead atoms. The number of ether oxygens (including phenoxy) is 1. The standard InChI is InChI=1S/C13H18N2O2SSe/c1-2-5-15-13(16)11-3-6-14-8-12(11)19-18-10-4-7-17-9-10/h3,6,8,10H,2,4-5,7,9H2,1H3,(H,15,16). The monoisotopic (exact) mass is 346 g/mol. The normalized spacial score (nSPS) is 18.5. The van der Waals surface area contributed by atoms with Gasteiger partial charge in [-0.05, 0) is 0 Å². The van der Waals surface area contributed by atoms with Crippen LogP contribution in [0, 0.1) is 0 Å². The van der Waals surface area contributed by atoms with Crippen molar-refractivity contribution in [2.45, 2.75) is 25.0 Å². The third kappa shape index (κ3) is 4.49. The quantitative estimate of drug-likeness (QED) is 0.782. The van der Waals surface area contributed by atoms with Crippen molar-refractivity contribution in [2.75, 3.05) is 19.8 Å². The van der Waals surface area contributed by atoms with Crippen molar-refractivity contribution in [1.29, 1.82) is 0 Å². The summed E-state index contributed by atoms with van der Waals surface area (Å²) in [5, 5.41) is 3.50. The predicted molar refractivity (Wildman–Crippen MR) is 79.1 cm³/mol. The summed E-state index contributed by atoms with van der Waals surface area (Å²) in [6.45, 7) is 4.47. The van der Waals surface area contributed by atoms with E-state index in [9.17, 15) is 4.79 Å². The molecule has 2 rings (SSSR count). The second kappa shape index (κ2) is 7.90. The Labute approximate surface area is 123 Å². The molecule has 0 saturated carbocycles. The molecule has 1 unspecified atom stereocenters. The van der Waals surface area contributed by atoms with Gasteiger partial charge in [-0.2, -0.15) is 0 Å². The van der Waals surface area contributed by atoms with Crippen LogP contribution in [-0.2, 0) is 4.74 Å². The van der Waals surface area contributed by atoms with Crippen LogP contribution >= 0.6 is 10.2 Å². The van der Waals surface area contributed by atoms with Gasteiger partial charge in [0.2, 0.25) is 0 Å². The van der Waals surface area contributed by atoms with Crippen molar-refractivity contribution < 1.29 is 9.53 Å². The summed E-state index contributed by atoms with van der Waals surface area (Å²) in [4.78, 5) is 16.2. The van der Waals surface area contributed by atoms with Gasteiger partial charge >= 0.3 is 123 Å². The average molecular weight is 345 g/mol. The molecule has 0 aromatic carbocycles. The topological polar surface area (TPSA) is 51.2 Å². The van der Waals surface area contributed by atoms with Crippen LogP contribution in [0.5, 0.6) is 0 Å². The van der Waals surface area contributed by atoms with Crippen molar-refractivity contribution in [3.05, 3.63) is 24.0 Å². The molecule has 1 amide bonds. The molecule has 0 spiro atoms. The Morgan fingerprint density at radius 3 is 3.32 bits per heavy atom. The Morgan fingerprint density at radius 2 is 2.58 bits per heavy atom. The summed E-state index contributed by atoms with van der Waals surface area (Å²) in [6, 6.07) is 1.81. The van der Waals surface area contributed by atoms with E-state index in [1.54, 1.807) is 6.20 Å². The summed E-state index contributed by atoms with van der Waals surface area (Å²) in [7, 11) is 1.91. The van der Waals surface area contributed by atoms with Crippen molar-refractivity contribution >= 4 is 34.4 Å². The molecule has 1 aliphatic rings. The molecule has 1 atom stereocenters. The fourth-order valence-corrected chi connectivity index (χ4v) is 6.16. The van der Waals surface area contributed by atoms with Gasteiger partial charge in [0, 0.05) is 0 Å². The first kappa shape index (κ1) is 14.9. The third-order valence-corrected chi connectivity index (χ3v) is 7.78. The molecule has 1 aliphatic heterocycles. The van der Waals surface area contributed by atoms with Crippen LogP contribution in [0.3, 0.4) is 0 Å². The third-order valence-electron chi connectivity index (χ3n) is 2.73. The number of aromatic nitrogens is 1. The summed E-state index contributed by atoms with van der Waals surface area (Å²) >= 11 is 0.214. The first-order valence-electron chi connectivity index (χ1n) is 6.44. The molecule has 1 fully saturated rings. The summed E-state index contributed by atoms with van der Waals surface area (Å²) < 4.78 is 6.44. The van der Waals surface area contributed by atoms with Gasteiger partial charge in [0.25, 0.3) is 0 Å². The minimum absolute atomic E-state index is 0.0180. The number of pyridine rings is 1. The maximum atomic E-state index is 12.1. The molecule has 0 radical (unpaired) electrons. The number of rotatable bonds is 6. The number of nitrogens with one attached hydrogen (secondary N) is 1. The average Bonchev–Trinajstić information content (AvgIpc) is 2.96. The number of nitrogens with zero attached hydrogens (tertiary/aromatic N) is 1. The summed E-state index contributed by atoms with van der Waals surface area (Å²) in [6.07, 6.45) is 5.57. The van der Waals surface area contributed by atoms with E-state index >= 15 is 0 Å². The molecule has 1 aromatic rings. The van der Waals surface area contributed by atoms with Crippen LogP contribution in [0.25, 0.3) is 0 Å². The maximum absolute atomic E-state index is 12.1. The van der Waals surface area contributed by atoms with Gasteiger partial charge in [0.05, 0.1) is 0 Å². The summed E-state index contributed by atoms with van der Waals surface area (Å²) in [5.74, 6) is 0.0180. The molecular weight excluding hydrogens is 327 g/mol. The van der Waals surface area contributed by atoms with Crippen LogP contribution < -0.4 is 9.78 Å². The molecule has 104 valence electrons. The number of carbonyl (C=O) groups is 1. The predicted octanol–water partition coefficient (Wildman–Crippen LogP) is 0.988. The van der Waals surface area contributed by atoms with E-state index in [1.807, 2.05) is 29.4 Å². The van der Waals surface area contributed by atoms with Crippen molar-refractivity contribution in [3.8, 4) is 0 Å². The Hall–Kier alpha value is -0.551. The minimum atomic E-state index is 0.0180. The van der Waals surface area contributed by atoms with Crippen LogP contribution in [0.1, 0.15) is 30.1 Å². The molecule has 4 nitrogen and oxygen atoms in total. The number of carbonyl (C=O) groups excluding carboxylic acids is 1. The van der Waals surface area contributed by atoms with Crippen LogP contribution in [-0.4, -0.2) is 49.7 Å². The van der Waals surface area contributed by atoms with E-state index in [4.69, 9.17) is 4.74 Å². The van der Waals surface area contributed by atoms with Crippen molar-refractivity contribution in [3.63, 3.8) is 0 Å². The Kier molecular flexibility index (Phi) is 6.17.